The molecule has 0 saturated carbocycles. The first-order valence-electron chi connectivity index (χ1n) is 5.20. The topological polar surface area (TPSA) is 55.8 Å². The van der Waals surface area contributed by atoms with Gasteiger partial charge in [0, 0.05) is 12.5 Å². The molecule has 0 fully saturated rings. The Kier molecular flexibility index (Phi) is 11.5. The van der Waals surface area contributed by atoms with Gasteiger partial charge >= 0.3 is 5.97 Å². The number of carbonyl (C=O) groups is 1. The molecule has 90 valence electrons. The van der Waals surface area contributed by atoms with E-state index < -0.39 is 5.97 Å². The molecule has 0 amide bonds. The van der Waals surface area contributed by atoms with Crippen LogP contribution in [0.25, 0.3) is 0 Å². The number of carboxylic acid groups (broad SMARTS) is 1. The van der Waals surface area contributed by atoms with Gasteiger partial charge in [0.05, 0.1) is 13.2 Å². The molecule has 1 N–H and O–H groups in total. The van der Waals surface area contributed by atoms with Gasteiger partial charge in [0.25, 0.3) is 0 Å². The van der Waals surface area contributed by atoms with Crippen LogP contribution < -0.4 is 0 Å². The second kappa shape index (κ2) is 11.8. The van der Waals surface area contributed by atoms with Gasteiger partial charge in [-0.1, -0.05) is 12.8 Å². The molecule has 0 aromatic carbocycles. The fourth-order valence-corrected chi connectivity index (χ4v) is 1.22. The van der Waals surface area contributed by atoms with E-state index >= 15 is 0 Å². The molecule has 0 heterocycles. The standard InChI is InChI=1S/C10H19ClO4/c11-5-3-1-2-4-6-14-7-8-15-9-10(12)13/h1-9H2,(H,12,13). The lowest BCUT2D eigenvalue weighted by atomic mass is 10.2. The molecule has 0 spiro atoms. The molecule has 0 aliphatic rings. The lowest BCUT2D eigenvalue weighted by Crippen LogP contribution is -2.11. The van der Waals surface area contributed by atoms with Gasteiger partial charge in [-0.05, 0) is 12.8 Å². The fourth-order valence-electron chi connectivity index (χ4n) is 1.03. The summed E-state index contributed by atoms with van der Waals surface area (Å²) < 4.78 is 10.0. The van der Waals surface area contributed by atoms with Gasteiger partial charge in [-0.15, -0.1) is 11.6 Å². The van der Waals surface area contributed by atoms with Crippen molar-refractivity contribution in [3.63, 3.8) is 0 Å². The molecule has 0 saturated heterocycles. The molecule has 0 bridgehead atoms. The van der Waals surface area contributed by atoms with E-state index in [9.17, 15) is 4.79 Å². The van der Waals surface area contributed by atoms with Crippen LogP contribution in [0.5, 0.6) is 0 Å². The van der Waals surface area contributed by atoms with E-state index in [4.69, 9.17) is 26.2 Å². The van der Waals surface area contributed by atoms with E-state index in [1.54, 1.807) is 0 Å². The van der Waals surface area contributed by atoms with Crippen LogP contribution >= 0.6 is 11.6 Å². The number of hydrogen-bond acceptors (Lipinski definition) is 3. The van der Waals surface area contributed by atoms with E-state index in [1.165, 1.54) is 0 Å². The third-order valence-electron chi connectivity index (χ3n) is 1.77. The minimum atomic E-state index is -0.948. The van der Waals surface area contributed by atoms with Crippen molar-refractivity contribution in [3.8, 4) is 0 Å². The van der Waals surface area contributed by atoms with Crippen LogP contribution in [0.15, 0.2) is 0 Å². The molecule has 0 atom stereocenters. The summed E-state index contributed by atoms with van der Waals surface area (Å²) in [5.41, 5.74) is 0. The molecule has 0 rings (SSSR count). The summed E-state index contributed by atoms with van der Waals surface area (Å²) >= 11 is 5.53. The first-order valence-corrected chi connectivity index (χ1v) is 5.74. The number of aliphatic carboxylic acids is 1. The SMILES string of the molecule is O=C(O)COCCOCCCCCCCl. The maximum absolute atomic E-state index is 10.1. The van der Waals surface area contributed by atoms with E-state index in [1.807, 2.05) is 0 Å². The fraction of sp³-hybridized carbons (Fsp3) is 0.900. The first-order chi connectivity index (χ1) is 7.27. The summed E-state index contributed by atoms with van der Waals surface area (Å²) in [7, 11) is 0. The van der Waals surface area contributed by atoms with E-state index in [0.29, 0.717) is 19.8 Å². The van der Waals surface area contributed by atoms with Crippen molar-refractivity contribution in [1.29, 1.82) is 0 Å². The molecule has 0 radical (unpaired) electrons. The monoisotopic (exact) mass is 238 g/mol. The molecular weight excluding hydrogens is 220 g/mol. The van der Waals surface area contributed by atoms with Crippen molar-refractivity contribution in [3.05, 3.63) is 0 Å². The number of rotatable bonds is 11. The van der Waals surface area contributed by atoms with Crippen molar-refractivity contribution in [2.24, 2.45) is 0 Å². The molecule has 5 heteroatoms. The number of unbranched alkanes of at least 4 members (excludes halogenated alkanes) is 3. The van der Waals surface area contributed by atoms with Gasteiger partial charge in [-0.3, -0.25) is 0 Å². The van der Waals surface area contributed by atoms with Crippen molar-refractivity contribution in [2.75, 3.05) is 32.3 Å². The zero-order valence-corrected chi connectivity index (χ0v) is 9.67. The maximum Gasteiger partial charge on any atom is 0.329 e. The Bertz CT molecular complexity index is 152. The van der Waals surface area contributed by atoms with E-state index in [2.05, 4.69) is 0 Å². The van der Waals surface area contributed by atoms with Crippen LogP contribution in [0.3, 0.4) is 0 Å². The molecular formula is C10H19ClO4. The van der Waals surface area contributed by atoms with Crippen molar-refractivity contribution in [1.82, 2.24) is 0 Å². The molecule has 4 nitrogen and oxygen atoms in total. The minimum Gasteiger partial charge on any atom is -0.480 e. The number of hydrogen-bond donors (Lipinski definition) is 1. The summed E-state index contributed by atoms with van der Waals surface area (Å²) in [6.45, 7) is 1.26. The van der Waals surface area contributed by atoms with Crippen molar-refractivity contribution < 1.29 is 19.4 Å². The smallest absolute Gasteiger partial charge is 0.329 e. The lowest BCUT2D eigenvalue weighted by molar-refractivity contribution is -0.142. The molecule has 0 aliphatic carbocycles. The quantitative estimate of drug-likeness (QED) is 0.441. The zero-order valence-electron chi connectivity index (χ0n) is 8.91. The molecule has 0 aromatic rings. The van der Waals surface area contributed by atoms with Gasteiger partial charge < -0.3 is 14.6 Å². The third kappa shape index (κ3) is 13.7. The zero-order chi connectivity index (χ0) is 11.4. The lowest BCUT2D eigenvalue weighted by Gasteiger charge is -2.03. The summed E-state index contributed by atoms with van der Waals surface area (Å²) in [4.78, 5) is 10.1. The highest BCUT2D eigenvalue weighted by Gasteiger charge is 1.95. The van der Waals surface area contributed by atoms with Crippen LogP contribution in [-0.4, -0.2) is 43.4 Å². The maximum atomic E-state index is 10.1. The Morgan fingerprint density at radius 3 is 2.33 bits per heavy atom. The van der Waals surface area contributed by atoms with Gasteiger partial charge in [0.1, 0.15) is 6.61 Å². The Morgan fingerprint density at radius 1 is 1.00 bits per heavy atom. The summed E-state index contributed by atoms with van der Waals surface area (Å²) in [6, 6.07) is 0. The van der Waals surface area contributed by atoms with Crippen LogP contribution in [0.4, 0.5) is 0 Å². The van der Waals surface area contributed by atoms with Crippen molar-refractivity contribution >= 4 is 17.6 Å². The largest absolute Gasteiger partial charge is 0.480 e. The Hall–Kier alpha value is -0.320. The molecule has 0 unspecified atom stereocenters. The molecule has 0 aliphatic heterocycles. The molecule has 15 heavy (non-hydrogen) atoms. The normalized spacial score (nSPS) is 10.5. The van der Waals surface area contributed by atoms with Crippen LogP contribution in [-0.2, 0) is 14.3 Å². The van der Waals surface area contributed by atoms with Gasteiger partial charge in [-0.2, -0.15) is 0 Å². The van der Waals surface area contributed by atoms with Crippen LogP contribution in [0.2, 0.25) is 0 Å². The number of ether oxygens (including phenoxy) is 2. The van der Waals surface area contributed by atoms with Gasteiger partial charge in [-0.25, -0.2) is 4.79 Å². The average Bonchev–Trinajstić information content (AvgIpc) is 2.20. The van der Waals surface area contributed by atoms with Crippen molar-refractivity contribution in [2.45, 2.75) is 25.7 Å². The number of halogens is 1. The third-order valence-corrected chi connectivity index (χ3v) is 2.04. The number of carboxylic acids is 1. The van der Waals surface area contributed by atoms with E-state index in [-0.39, 0.29) is 6.61 Å². The Balaban J connectivity index is 2.89. The highest BCUT2D eigenvalue weighted by atomic mass is 35.5. The Labute approximate surface area is 95.5 Å². The highest BCUT2D eigenvalue weighted by molar-refractivity contribution is 6.17. The van der Waals surface area contributed by atoms with Crippen LogP contribution in [0, 0.1) is 0 Å². The predicted molar refractivity (Wildman–Crippen MR) is 58.5 cm³/mol. The average molecular weight is 239 g/mol. The highest BCUT2D eigenvalue weighted by Crippen LogP contribution is 2.00. The summed E-state index contributed by atoms with van der Waals surface area (Å²) in [6.07, 6.45) is 4.35. The van der Waals surface area contributed by atoms with E-state index in [0.717, 1.165) is 31.6 Å². The predicted octanol–water partition coefficient (Wildman–Crippen LogP) is 1.90. The molecule has 0 aromatic heterocycles. The number of alkyl halides is 1. The Morgan fingerprint density at radius 2 is 1.67 bits per heavy atom. The van der Waals surface area contributed by atoms with Crippen LogP contribution in [0.1, 0.15) is 25.7 Å². The minimum absolute atomic E-state index is 0.251. The summed E-state index contributed by atoms with van der Waals surface area (Å²) in [5, 5.41) is 8.26. The van der Waals surface area contributed by atoms with Gasteiger partial charge in [0.15, 0.2) is 0 Å². The summed E-state index contributed by atoms with van der Waals surface area (Å²) in [5.74, 6) is -0.222. The second-order valence-electron chi connectivity index (χ2n) is 3.16. The first kappa shape index (κ1) is 14.7. The second-order valence-corrected chi connectivity index (χ2v) is 3.54. The van der Waals surface area contributed by atoms with Gasteiger partial charge in [0.2, 0.25) is 0 Å².